The van der Waals surface area contributed by atoms with Gasteiger partial charge in [-0.05, 0) is 11.5 Å². The summed E-state index contributed by atoms with van der Waals surface area (Å²) in [5.41, 5.74) is 4.30. The van der Waals surface area contributed by atoms with E-state index in [9.17, 15) is 0 Å². The van der Waals surface area contributed by atoms with Crippen molar-refractivity contribution >= 4 is 11.3 Å². The Morgan fingerprint density at radius 1 is 1.10 bits per heavy atom. The molecule has 3 aromatic rings. The lowest BCUT2D eigenvalue weighted by atomic mass is 10.0. The molecule has 20 heavy (non-hydrogen) atoms. The molecule has 0 aliphatic carbocycles. The van der Waals surface area contributed by atoms with Gasteiger partial charge in [0.2, 0.25) is 0 Å². The van der Waals surface area contributed by atoms with Crippen molar-refractivity contribution in [2.75, 3.05) is 0 Å². The Hall–Kier alpha value is -2.01. The molecule has 0 aliphatic rings. The van der Waals surface area contributed by atoms with Gasteiger partial charge in [-0.1, -0.05) is 43.3 Å². The second kappa shape index (κ2) is 5.17. The minimum Gasteiger partial charge on any atom is -0.255 e. The summed E-state index contributed by atoms with van der Waals surface area (Å²) in [6.07, 6.45) is 1.88. The molecule has 0 spiro atoms. The summed E-state index contributed by atoms with van der Waals surface area (Å²) < 4.78 is 1.69. The van der Waals surface area contributed by atoms with Crippen molar-refractivity contribution < 1.29 is 0 Å². The van der Waals surface area contributed by atoms with Crippen LogP contribution in [0.1, 0.15) is 25.3 Å². The zero-order valence-electron chi connectivity index (χ0n) is 11.7. The van der Waals surface area contributed by atoms with E-state index in [0.29, 0.717) is 5.92 Å². The van der Waals surface area contributed by atoms with Crippen molar-refractivity contribution in [3.05, 3.63) is 41.4 Å². The molecule has 0 saturated heterocycles. The first-order valence-corrected chi connectivity index (χ1v) is 7.44. The lowest BCUT2D eigenvalue weighted by Crippen LogP contribution is -1.87. The fourth-order valence-electron chi connectivity index (χ4n) is 2.01. The van der Waals surface area contributed by atoms with Gasteiger partial charge in [0.1, 0.15) is 10.7 Å². The van der Waals surface area contributed by atoms with Crippen molar-refractivity contribution in [3.63, 3.8) is 0 Å². The summed E-state index contributed by atoms with van der Waals surface area (Å²) in [5, 5.41) is 11.0. The monoisotopic (exact) mass is 284 g/mol. The summed E-state index contributed by atoms with van der Waals surface area (Å²) in [7, 11) is 1.86. The molecule has 102 valence electrons. The minimum absolute atomic E-state index is 0.551. The predicted octanol–water partition coefficient (Wildman–Crippen LogP) is 3.73. The fourth-order valence-corrected chi connectivity index (χ4v) is 2.79. The summed E-state index contributed by atoms with van der Waals surface area (Å²) in [6, 6.07) is 8.60. The average Bonchev–Trinajstić information content (AvgIpc) is 3.07. The predicted molar refractivity (Wildman–Crippen MR) is 81.6 cm³/mol. The molecule has 2 aromatic heterocycles. The van der Waals surface area contributed by atoms with Crippen molar-refractivity contribution in [2.45, 2.75) is 19.8 Å². The van der Waals surface area contributed by atoms with Crippen LogP contribution in [0.15, 0.2) is 35.8 Å². The summed E-state index contributed by atoms with van der Waals surface area (Å²) in [4.78, 5) is 4.64. The summed E-state index contributed by atoms with van der Waals surface area (Å²) in [5.74, 6) is 0.551. The van der Waals surface area contributed by atoms with Gasteiger partial charge in [-0.25, -0.2) is 4.98 Å². The van der Waals surface area contributed by atoms with E-state index < -0.39 is 0 Å². The molecule has 5 heteroatoms. The summed E-state index contributed by atoms with van der Waals surface area (Å²) in [6.45, 7) is 4.40. The van der Waals surface area contributed by atoms with Gasteiger partial charge in [-0.15, -0.1) is 16.4 Å². The van der Waals surface area contributed by atoms with Crippen LogP contribution in [-0.2, 0) is 7.05 Å². The number of thiazole rings is 1. The molecule has 2 heterocycles. The third-order valence-corrected chi connectivity index (χ3v) is 4.06. The highest BCUT2D eigenvalue weighted by Crippen LogP contribution is 2.28. The van der Waals surface area contributed by atoms with Gasteiger partial charge in [0, 0.05) is 18.0 Å². The second-order valence-corrected chi connectivity index (χ2v) is 5.95. The van der Waals surface area contributed by atoms with Gasteiger partial charge in [0.15, 0.2) is 0 Å². The summed E-state index contributed by atoms with van der Waals surface area (Å²) >= 11 is 1.59. The molecule has 1 aromatic carbocycles. The average molecular weight is 284 g/mol. The maximum atomic E-state index is 4.64. The van der Waals surface area contributed by atoms with E-state index in [2.05, 4.69) is 58.8 Å². The normalized spacial score (nSPS) is 11.2. The standard InChI is InChI=1S/C15H16N4S/c1-10(2)11-4-6-12(7-5-11)14-9-20-15(16-14)13-8-19(3)18-17-13/h4-10H,1-3H3. The number of hydrogen-bond acceptors (Lipinski definition) is 4. The number of aryl methyl sites for hydroxylation is 1. The van der Waals surface area contributed by atoms with Crippen LogP contribution in [-0.4, -0.2) is 20.0 Å². The maximum absolute atomic E-state index is 4.64. The lowest BCUT2D eigenvalue weighted by Gasteiger charge is -2.05. The van der Waals surface area contributed by atoms with E-state index in [4.69, 9.17) is 0 Å². The van der Waals surface area contributed by atoms with Gasteiger partial charge in [0.25, 0.3) is 0 Å². The number of rotatable bonds is 3. The van der Waals surface area contributed by atoms with Crippen molar-refractivity contribution in [1.29, 1.82) is 0 Å². The van der Waals surface area contributed by atoms with E-state index >= 15 is 0 Å². The first-order chi connectivity index (χ1) is 9.63. The third kappa shape index (κ3) is 2.49. The number of benzene rings is 1. The molecule has 0 radical (unpaired) electrons. The zero-order chi connectivity index (χ0) is 14.1. The first kappa shape index (κ1) is 13.0. The quantitative estimate of drug-likeness (QED) is 0.736. The Balaban J connectivity index is 1.90. The Morgan fingerprint density at radius 2 is 1.85 bits per heavy atom. The second-order valence-electron chi connectivity index (χ2n) is 5.09. The molecular weight excluding hydrogens is 268 g/mol. The van der Waals surface area contributed by atoms with E-state index in [0.717, 1.165) is 22.0 Å². The molecule has 3 rings (SSSR count). The molecule has 0 amide bonds. The molecule has 0 atom stereocenters. The fraction of sp³-hybridized carbons (Fsp3) is 0.267. The molecule has 0 saturated carbocycles. The van der Waals surface area contributed by atoms with Crippen LogP contribution in [0.4, 0.5) is 0 Å². The Bertz CT molecular complexity index is 710. The SMILES string of the molecule is CC(C)c1ccc(-c2csc(-c3cn(C)nn3)n2)cc1. The minimum atomic E-state index is 0.551. The van der Waals surface area contributed by atoms with Crippen LogP contribution in [0, 0.1) is 0 Å². The molecule has 0 bridgehead atoms. The molecule has 0 fully saturated rings. The topological polar surface area (TPSA) is 43.6 Å². The zero-order valence-corrected chi connectivity index (χ0v) is 12.6. The molecule has 4 nitrogen and oxygen atoms in total. The van der Waals surface area contributed by atoms with Gasteiger partial charge in [-0.2, -0.15) is 0 Å². The van der Waals surface area contributed by atoms with Gasteiger partial charge in [0.05, 0.1) is 11.9 Å². The van der Waals surface area contributed by atoms with E-state index in [-0.39, 0.29) is 0 Å². The molecule has 0 N–H and O–H groups in total. The highest BCUT2D eigenvalue weighted by Gasteiger charge is 2.09. The van der Waals surface area contributed by atoms with E-state index in [1.165, 1.54) is 5.56 Å². The highest BCUT2D eigenvalue weighted by atomic mass is 32.1. The maximum Gasteiger partial charge on any atom is 0.146 e. The van der Waals surface area contributed by atoms with E-state index in [1.54, 1.807) is 16.0 Å². The van der Waals surface area contributed by atoms with Crippen molar-refractivity contribution in [3.8, 4) is 22.0 Å². The molecular formula is C15H16N4S. The van der Waals surface area contributed by atoms with Crippen LogP contribution in [0.3, 0.4) is 0 Å². The van der Waals surface area contributed by atoms with Crippen LogP contribution < -0.4 is 0 Å². The van der Waals surface area contributed by atoms with E-state index in [1.807, 2.05) is 13.2 Å². The smallest absolute Gasteiger partial charge is 0.146 e. The number of aromatic nitrogens is 4. The largest absolute Gasteiger partial charge is 0.255 e. The molecule has 0 aliphatic heterocycles. The van der Waals surface area contributed by atoms with Gasteiger partial charge >= 0.3 is 0 Å². The first-order valence-electron chi connectivity index (χ1n) is 6.56. The van der Waals surface area contributed by atoms with Crippen molar-refractivity contribution in [2.24, 2.45) is 7.05 Å². The lowest BCUT2D eigenvalue weighted by molar-refractivity contribution is 0.715. The van der Waals surface area contributed by atoms with Crippen molar-refractivity contribution in [1.82, 2.24) is 20.0 Å². The van der Waals surface area contributed by atoms with Crippen LogP contribution in [0.2, 0.25) is 0 Å². The Morgan fingerprint density at radius 3 is 2.45 bits per heavy atom. The number of nitrogens with zero attached hydrogens (tertiary/aromatic N) is 4. The highest BCUT2D eigenvalue weighted by molar-refractivity contribution is 7.13. The van der Waals surface area contributed by atoms with Gasteiger partial charge < -0.3 is 0 Å². The van der Waals surface area contributed by atoms with Crippen LogP contribution in [0.5, 0.6) is 0 Å². The Kier molecular flexibility index (Phi) is 3.36. The Labute approximate surface area is 122 Å². The third-order valence-electron chi connectivity index (χ3n) is 3.20. The van der Waals surface area contributed by atoms with Gasteiger partial charge in [-0.3, -0.25) is 4.68 Å². The van der Waals surface area contributed by atoms with Crippen LogP contribution in [0.25, 0.3) is 22.0 Å². The van der Waals surface area contributed by atoms with Crippen LogP contribution >= 0.6 is 11.3 Å². The molecule has 0 unspecified atom stereocenters. The number of hydrogen-bond donors (Lipinski definition) is 0.